The van der Waals surface area contributed by atoms with E-state index in [1.54, 1.807) is 6.07 Å². The Balaban J connectivity index is 2.23. The normalized spacial score (nSPS) is 17.6. The molecule has 110 valence electrons. The molecule has 4 nitrogen and oxygen atoms in total. The molecule has 1 fully saturated rings. The van der Waals surface area contributed by atoms with Crippen LogP contribution in [0.5, 0.6) is 11.5 Å². The van der Waals surface area contributed by atoms with Crippen molar-refractivity contribution in [2.45, 2.75) is 19.4 Å². The third-order valence-electron chi connectivity index (χ3n) is 3.65. The number of nitrogens with one attached hydrogen (secondary N) is 1. The maximum Gasteiger partial charge on any atom is 0.161 e. The minimum absolute atomic E-state index is 0.202. The van der Waals surface area contributed by atoms with Crippen LogP contribution in [0.4, 0.5) is 0 Å². The summed E-state index contributed by atoms with van der Waals surface area (Å²) in [5.74, 6) is 0.766. The van der Waals surface area contributed by atoms with Crippen molar-refractivity contribution in [1.29, 1.82) is 0 Å². The summed E-state index contributed by atoms with van der Waals surface area (Å²) < 4.78 is 5.49. The summed E-state index contributed by atoms with van der Waals surface area (Å²) in [4.78, 5) is 2.46. The Bertz CT molecular complexity index is 442. The predicted octanol–water partition coefficient (Wildman–Crippen LogP) is 2.31. The molecule has 0 unspecified atom stereocenters. The average Bonchev–Trinajstić information content (AvgIpc) is 2.48. The molecule has 1 saturated heterocycles. The molecule has 1 aliphatic rings. The van der Waals surface area contributed by atoms with Crippen molar-refractivity contribution in [2.75, 3.05) is 32.8 Å². The number of aromatic hydroxyl groups is 1. The molecule has 20 heavy (non-hydrogen) atoms. The third kappa shape index (κ3) is 3.52. The first kappa shape index (κ1) is 14.9. The Morgan fingerprint density at radius 3 is 2.85 bits per heavy atom. The Kier molecular flexibility index (Phi) is 5.44. The molecule has 2 rings (SSSR count). The van der Waals surface area contributed by atoms with Gasteiger partial charge in [0.15, 0.2) is 11.5 Å². The number of benzene rings is 1. The summed E-state index contributed by atoms with van der Waals surface area (Å²) in [6.45, 7) is 10.4. The SMILES string of the molecule is C=CC[C@@H](c1ccc(O)c(OCC)c1)N1CCNCC1. The minimum Gasteiger partial charge on any atom is -0.504 e. The summed E-state index contributed by atoms with van der Waals surface area (Å²) >= 11 is 0. The van der Waals surface area contributed by atoms with Gasteiger partial charge in [0.05, 0.1) is 6.61 Å². The Morgan fingerprint density at radius 2 is 2.20 bits per heavy atom. The van der Waals surface area contributed by atoms with Crippen molar-refractivity contribution in [2.24, 2.45) is 0 Å². The van der Waals surface area contributed by atoms with Crippen molar-refractivity contribution in [3.8, 4) is 11.5 Å². The van der Waals surface area contributed by atoms with Crippen LogP contribution in [0.2, 0.25) is 0 Å². The summed E-state index contributed by atoms with van der Waals surface area (Å²) in [5, 5.41) is 13.2. The van der Waals surface area contributed by atoms with E-state index in [0.29, 0.717) is 18.4 Å². The second kappa shape index (κ2) is 7.31. The van der Waals surface area contributed by atoms with E-state index in [1.807, 2.05) is 25.1 Å². The van der Waals surface area contributed by atoms with Crippen molar-refractivity contribution in [1.82, 2.24) is 10.2 Å². The number of hydrogen-bond acceptors (Lipinski definition) is 4. The van der Waals surface area contributed by atoms with Crippen LogP contribution in [0.25, 0.3) is 0 Å². The lowest BCUT2D eigenvalue weighted by atomic mass is 10.0. The second-order valence-corrected chi connectivity index (χ2v) is 4.99. The maximum absolute atomic E-state index is 9.82. The summed E-state index contributed by atoms with van der Waals surface area (Å²) in [5.41, 5.74) is 1.17. The van der Waals surface area contributed by atoms with Crippen LogP contribution in [-0.2, 0) is 0 Å². The number of phenolic OH excluding ortho intramolecular Hbond substituents is 1. The molecule has 1 heterocycles. The predicted molar refractivity (Wildman–Crippen MR) is 81.3 cm³/mol. The minimum atomic E-state index is 0.202. The highest BCUT2D eigenvalue weighted by Gasteiger charge is 2.22. The first-order valence-corrected chi connectivity index (χ1v) is 7.27. The van der Waals surface area contributed by atoms with E-state index in [-0.39, 0.29) is 5.75 Å². The number of nitrogens with zero attached hydrogens (tertiary/aromatic N) is 1. The van der Waals surface area contributed by atoms with Gasteiger partial charge in [0.25, 0.3) is 0 Å². The second-order valence-electron chi connectivity index (χ2n) is 4.99. The summed E-state index contributed by atoms with van der Waals surface area (Å²) in [6.07, 6.45) is 2.86. The van der Waals surface area contributed by atoms with Crippen LogP contribution in [-0.4, -0.2) is 42.8 Å². The van der Waals surface area contributed by atoms with Crippen LogP contribution in [0.15, 0.2) is 30.9 Å². The van der Waals surface area contributed by atoms with Gasteiger partial charge in [0, 0.05) is 32.2 Å². The first-order valence-electron chi connectivity index (χ1n) is 7.27. The van der Waals surface area contributed by atoms with Gasteiger partial charge in [-0.15, -0.1) is 6.58 Å². The van der Waals surface area contributed by atoms with Gasteiger partial charge in [-0.05, 0) is 31.0 Å². The lowest BCUT2D eigenvalue weighted by Gasteiger charge is -2.35. The number of piperazine rings is 1. The van der Waals surface area contributed by atoms with Gasteiger partial charge in [-0.3, -0.25) is 4.90 Å². The van der Waals surface area contributed by atoms with Gasteiger partial charge in [-0.2, -0.15) is 0 Å². The molecule has 4 heteroatoms. The lowest BCUT2D eigenvalue weighted by Crippen LogP contribution is -2.45. The first-order chi connectivity index (χ1) is 9.76. The number of rotatable bonds is 6. The van der Waals surface area contributed by atoms with Crippen LogP contribution >= 0.6 is 0 Å². The monoisotopic (exact) mass is 276 g/mol. The van der Waals surface area contributed by atoms with Gasteiger partial charge < -0.3 is 15.2 Å². The topological polar surface area (TPSA) is 44.7 Å². The molecule has 1 atom stereocenters. The van der Waals surface area contributed by atoms with Gasteiger partial charge in [-0.25, -0.2) is 0 Å². The van der Waals surface area contributed by atoms with Gasteiger partial charge in [0.2, 0.25) is 0 Å². The van der Waals surface area contributed by atoms with Crippen molar-refractivity contribution in [3.05, 3.63) is 36.4 Å². The fourth-order valence-electron chi connectivity index (χ4n) is 2.66. The number of hydrogen-bond donors (Lipinski definition) is 2. The van der Waals surface area contributed by atoms with Crippen LogP contribution in [0, 0.1) is 0 Å². The molecule has 0 saturated carbocycles. The molecule has 1 aliphatic heterocycles. The van der Waals surface area contributed by atoms with Crippen molar-refractivity contribution < 1.29 is 9.84 Å². The molecule has 0 amide bonds. The number of ether oxygens (including phenoxy) is 1. The molecule has 0 radical (unpaired) electrons. The van der Waals surface area contributed by atoms with Gasteiger partial charge in [-0.1, -0.05) is 12.1 Å². The van der Waals surface area contributed by atoms with E-state index >= 15 is 0 Å². The van der Waals surface area contributed by atoms with E-state index in [4.69, 9.17) is 4.74 Å². The van der Waals surface area contributed by atoms with Crippen LogP contribution in [0.3, 0.4) is 0 Å². The molecule has 0 bridgehead atoms. The maximum atomic E-state index is 9.82. The molecule has 2 N–H and O–H groups in total. The molecular weight excluding hydrogens is 252 g/mol. The highest BCUT2D eigenvalue weighted by molar-refractivity contribution is 5.43. The van der Waals surface area contributed by atoms with E-state index < -0.39 is 0 Å². The van der Waals surface area contributed by atoms with Crippen molar-refractivity contribution >= 4 is 0 Å². The molecule has 0 aliphatic carbocycles. The van der Waals surface area contributed by atoms with Crippen LogP contribution < -0.4 is 10.1 Å². The molecule has 1 aromatic rings. The summed E-state index contributed by atoms with van der Waals surface area (Å²) in [6, 6.07) is 5.95. The fourth-order valence-corrected chi connectivity index (χ4v) is 2.66. The molecule has 0 aromatic heterocycles. The Morgan fingerprint density at radius 1 is 1.45 bits per heavy atom. The number of phenols is 1. The van der Waals surface area contributed by atoms with E-state index in [1.165, 1.54) is 5.56 Å². The highest BCUT2D eigenvalue weighted by Crippen LogP contribution is 2.33. The van der Waals surface area contributed by atoms with E-state index in [9.17, 15) is 5.11 Å². The lowest BCUT2D eigenvalue weighted by molar-refractivity contribution is 0.174. The smallest absolute Gasteiger partial charge is 0.161 e. The zero-order chi connectivity index (χ0) is 14.4. The zero-order valence-electron chi connectivity index (χ0n) is 12.1. The van der Waals surface area contributed by atoms with Gasteiger partial charge >= 0.3 is 0 Å². The highest BCUT2D eigenvalue weighted by atomic mass is 16.5. The van der Waals surface area contributed by atoms with Gasteiger partial charge in [0.1, 0.15) is 0 Å². The summed E-state index contributed by atoms with van der Waals surface area (Å²) in [7, 11) is 0. The standard InChI is InChI=1S/C16H24N2O2/c1-3-5-14(18-10-8-17-9-11-18)13-6-7-15(19)16(12-13)20-4-2/h3,6-7,12,14,17,19H,1,4-5,8-11H2,2H3/t14-/m0/s1. The Labute approximate surface area is 121 Å². The quantitative estimate of drug-likeness (QED) is 0.783. The van der Waals surface area contributed by atoms with E-state index in [0.717, 1.165) is 32.6 Å². The fraction of sp³-hybridized carbons (Fsp3) is 0.500. The molecular formula is C16H24N2O2. The third-order valence-corrected chi connectivity index (χ3v) is 3.65. The molecule has 1 aromatic carbocycles. The largest absolute Gasteiger partial charge is 0.504 e. The van der Waals surface area contributed by atoms with Crippen molar-refractivity contribution in [3.63, 3.8) is 0 Å². The average molecular weight is 276 g/mol. The Hall–Kier alpha value is -1.52. The zero-order valence-corrected chi connectivity index (χ0v) is 12.1. The van der Waals surface area contributed by atoms with Crippen LogP contribution in [0.1, 0.15) is 24.9 Å². The van der Waals surface area contributed by atoms with E-state index in [2.05, 4.69) is 16.8 Å². The molecule has 0 spiro atoms.